The van der Waals surface area contributed by atoms with Crippen LogP contribution in [-0.2, 0) is 39.9 Å². The van der Waals surface area contributed by atoms with Gasteiger partial charge in [0, 0.05) is 114 Å². The largest absolute Gasteiger partial charge is 0.393 e. The smallest absolute Gasteiger partial charge is 0.391 e. The van der Waals surface area contributed by atoms with Crippen molar-refractivity contribution >= 4 is 33.8 Å². The van der Waals surface area contributed by atoms with Crippen molar-refractivity contribution < 1.29 is 37.6 Å². The van der Waals surface area contributed by atoms with E-state index in [4.69, 9.17) is 34.4 Å². The lowest BCUT2D eigenvalue weighted by Crippen LogP contribution is -2.30. The van der Waals surface area contributed by atoms with Gasteiger partial charge in [-0.25, -0.2) is 33.5 Å². The molecule has 2 aromatic carbocycles. The summed E-state index contributed by atoms with van der Waals surface area (Å²) in [6, 6.07) is 25.0. The number of alkyl halides is 3. The fourth-order valence-corrected chi connectivity index (χ4v) is 16.1. The summed E-state index contributed by atoms with van der Waals surface area (Å²) in [5.74, 6) is 1.58. The van der Waals surface area contributed by atoms with Gasteiger partial charge in [0.05, 0.1) is 114 Å². The molecule has 0 spiro atoms. The highest BCUT2D eigenvalue weighted by molar-refractivity contribution is 7.11. The number of benzene rings is 2. The van der Waals surface area contributed by atoms with Crippen molar-refractivity contribution in [2.24, 2.45) is 11.8 Å². The van der Waals surface area contributed by atoms with E-state index in [-0.39, 0.29) is 36.4 Å². The Morgan fingerprint density at radius 2 is 1.20 bits per heavy atom. The van der Waals surface area contributed by atoms with Gasteiger partial charge in [-0.1, -0.05) is 61.9 Å². The molecule has 0 radical (unpaired) electrons. The van der Waals surface area contributed by atoms with E-state index in [0.717, 1.165) is 158 Å². The van der Waals surface area contributed by atoms with E-state index < -0.39 is 12.1 Å². The maximum Gasteiger partial charge on any atom is 0.391 e. The summed E-state index contributed by atoms with van der Waals surface area (Å²) in [6.07, 6.45) is 22.8. The van der Waals surface area contributed by atoms with E-state index in [2.05, 4.69) is 129 Å². The minimum atomic E-state index is -4.28. The van der Waals surface area contributed by atoms with Crippen LogP contribution in [0.3, 0.4) is 0 Å². The van der Waals surface area contributed by atoms with Crippen molar-refractivity contribution in [3.05, 3.63) is 160 Å². The number of halogens is 3. The van der Waals surface area contributed by atoms with Gasteiger partial charge in [-0.3, -0.25) is 9.36 Å². The normalized spacial score (nSPS) is 20.5. The number of hydrogen-bond donors (Lipinski definition) is 3. The topological polar surface area (TPSA) is 219 Å². The number of methoxy groups -OCH3 is 2. The van der Waals surface area contributed by atoms with Gasteiger partial charge in [-0.05, 0) is 158 Å². The van der Waals surface area contributed by atoms with E-state index in [0.29, 0.717) is 62.2 Å². The first-order valence-corrected chi connectivity index (χ1v) is 36.8. The van der Waals surface area contributed by atoms with Crippen LogP contribution in [0, 0.1) is 25.7 Å². The predicted octanol–water partition coefficient (Wildman–Crippen LogP) is 14.9. The number of anilines is 1. The number of rotatable bonds is 19. The number of aryl methyl sites for hydroxylation is 3. The summed E-state index contributed by atoms with van der Waals surface area (Å²) in [4.78, 5) is 19.8. The summed E-state index contributed by atoms with van der Waals surface area (Å²) < 4.78 is 65.0. The van der Waals surface area contributed by atoms with E-state index in [1.54, 1.807) is 24.9 Å². The lowest BCUT2D eigenvalue weighted by atomic mass is 9.84. The molecular weight excluding hydrogens is 1300 g/mol. The molecule has 11 aromatic rings. The fourth-order valence-electron chi connectivity index (χ4n) is 15.1. The minimum absolute atomic E-state index is 0.0998. The second-order valence-corrected chi connectivity index (χ2v) is 30.2. The van der Waals surface area contributed by atoms with Crippen LogP contribution in [0.4, 0.5) is 19.1 Å². The highest BCUT2D eigenvalue weighted by Crippen LogP contribution is 2.43. The maximum absolute atomic E-state index is 13.1. The average Bonchev–Trinajstić information content (AvgIpc) is 1.62. The van der Waals surface area contributed by atoms with Crippen molar-refractivity contribution in [3.63, 3.8) is 0 Å². The molecular formula is C77H92F3N15O5S. The number of fused-ring (bicyclic) bond motifs is 4. The number of nitrogens with one attached hydrogen (secondary N) is 1. The third-order valence-electron chi connectivity index (χ3n) is 21.1. The Hall–Kier alpha value is -8.26. The van der Waals surface area contributed by atoms with Gasteiger partial charge in [-0.15, -0.1) is 16.4 Å². The number of aliphatic hydroxyl groups excluding tert-OH is 2. The summed E-state index contributed by atoms with van der Waals surface area (Å²) in [7, 11) is 3.43. The lowest BCUT2D eigenvalue weighted by Gasteiger charge is -2.25. The third kappa shape index (κ3) is 15.6. The molecule has 4 fully saturated rings. The molecule has 3 N–H and O–H groups in total. The zero-order valence-corrected chi connectivity index (χ0v) is 59.5. The first-order valence-electron chi connectivity index (χ1n) is 36.0. The number of ether oxygens (including phenoxy) is 3. The van der Waals surface area contributed by atoms with Crippen LogP contribution in [-0.4, -0.2) is 144 Å². The summed E-state index contributed by atoms with van der Waals surface area (Å²) in [5, 5.41) is 48.1. The second kappa shape index (κ2) is 30.4. The molecule has 1 unspecified atom stereocenters. The van der Waals surface area contributed by atoms with Crippen LogP contribution >= 0.6 is 11.3 Å². The molecule has 0 bridgehead atoms. The van der Waals surface area contributed by atoms with E-state index in [1.165, 1.54) is 49.9 Å². The summed E-state index contributed by atoms with van der Waals surface area (Å²) in [5.41, 5.74) is 17.5. The Kier molecular flexibility index (Phi) is 21.0. The van der Waals surface area contributed by atoms with Gasteiger partial charge in [0.1, 0.15) is 11.6 Å². The van der Waals surface area contributed by atoms with E-state index in [9.17, 15) is 23.4 Å². The Balaban J connectivity index is 0.000000130. The zero-order chi connectivity index (χ0) is 70.1. The molecule has 9 aromatic heterocycles. The van der Waals surface area contributed by atoms with E-state index >= 15 is 0 Å². The highest BCUT2D eigenvalue weighted by Gasteiger charge is 2.37. The highest BCUT2D eigenvalue weighted by atomic mass is 32.1. The Bertz CT molecular complexity index is 4640. The van der Waals surface area contributed by atoms with Crippen molar-refractivity contribution in [2.45, 2.75) is 192 Å². The predicted molar refractivity (Wildman–Crippen MR) is 384 cm³/mol. The van der Waals surface area contributed by atoms with Crippen molar-refractivity contribution in [2.75, 3.05) is 46.0 Å². The number of aromatic nitrogens is 14. The average molecular weight is 1400 g/mol. The lowest BCUT2D eigenvalue weighted by molar-refractivity contribution is -0.169. The Morgan fingerprint density at radius 3 is 1.79 bits per heavy atom. The van der Waals surface area contributed by atoms with Crippen LogP contribution in [0.2, 0.25) is 0 Å². The van der Waals surface area contributed by atoms with E-state index in [1.807, 2.05) is 63.1 Å². The van der Waals surface area contributed by atoms with Crippen LogP contribution < -0.4 is 5.32 Å². The maximum atomic E-state index is 13.1. The first-order chi connectivity index (χ1) is 48.9. The van der Waals surface area contributed by atoms with Gasteiger partial charge in [-0.2, -0.15) is 33.6 Å². The van der Waals surface area contributed by atoms with Crippen molar-refractivity contribution in [1.82, 2.24) is 68.3 Å². The number of aliphatic hydroxyl groups is 2. The van der Waals surface area contributed by atoms with Crippen LogP contribution in [0.15, 0.2) is 110 Å². The second-order valence-electron chi connectivity index (χ2n) is 28.9. The molecule has 4 aliphatic carbocycles. The number of hydrogen-bond acceptors (Lipinski definition) is 16. The molecule has 5 aliphatic rings. The monoisotopic (exact) mass is 1400 g/mol. The Labute approximate surface area is 590 Å². The van der Waals surface area contributed by atoms with Crippen molar-refractivity contribution in [3.8, 4) is 44.6 Å². The molecule has 101 heavy (non-hydrogen) atoms. The molecule has 0 amide bonds. The fraction of sp³-hybridized carbons (Fsp3) is 0.494. The first kappa shape index (κ1) is 69.8. The SMILES string of the molecule is COC[C@H](C)Cc1ncc2c(-c3cccc(C4CCc5nc(C)sc5C4)c3)cc(C3CCC(O)CC3)n2n1.COC[C@H](C)Nc1ncc2c(-c3cnn(C4COC4)c3)cc(-c3cccc(C)c3)n2n1.C[C@H](Cc1ncc2c(-c3cnn(C4CCC4)c3)cc(C3CCC(O)CC3)n2n1)C(F)(F)F. The minimum Gasteiger partial charge on any atom is -0.393 e. The quantitative estimate of drug-likeness (QED) is 0.0685. The molecule has 1 aliphatic heterocycles. The van der Waals surface area contributed by atoms with Crippen LogP contribution in [0.5, 0.6) is 0 Å². The summed E-state index contributed by atoms with van der Waals surface area (Å²) in [6.45, 7) is 12.3. The van der Waals surface area contributed by atoms with Gasteiger partial charge in [0.2, 0.25) is 5.95 Å². The number of thiazole rings is 1. The van der Waals surface area contributed by atoms with Crippen LogP contribution in [0.25, 0.3) is 61.2 Å². The van der Waals surface area contributed by atoms with Gasteiger partial charge < -0.3 is 29.7 Å². The molecule has 4 atom stereocenters. The molecule has 3 saturated carbocycles. The molecule has 10 heterocycles. The van der Waals surface area contributed by atoms with Gasteiger partial charge >= 0.3 is 6.18 Å². The molecule has 16 rings (SSSR count). The molecule has 24 heteroatoms. The zero-order valence-electron chi connectivity index (χ0n) is 58.7. The van der Waals surface area contributed by atoms with Gasteiger partial charge in [0.25, 0.3) is 0 Å². The van der Waals surface area contributed by atoms with Gasteiger partial charge in [0.15, 0.2) is 0 Å². The molecule has 20 nitrogen and oxygen atoms in total. The summed E-state index contributed by atoms with van der Waals surface area (Å²) >= 11 is 1.86. The van der Waals surface area contributed by atoms with Crippen LogP contribution in [0.1, 0.15) is 177 Å². The molecule has 532 valence electrons. The van der Waals surface area contributed by atoms with Crippen molar-refractivity contribution in [1.29, 1.82) is 0 Å². The standard InChI is InChI=1S/C31H38N4O2S.C23H28F3N5O.C23H26N6O2/c1-19(18-37-3)13-31-32-17-29-26(16-28(35(29)34-31)21-7-10-25(36)11-8-21)24-6-4-5-22(14-24)23-9-12-27-30(15-23)38-20(2)33-27;1-14(23(24,25)26)9-22-27-12-21-19(16-11-28-30(13-16)17-3-2-4-17)10-20(31(21)29-22)15-5-7-18(32)8-6-15;1-15-5-4-6-17(7-15)21-8-20(18-9-25-28(11-18)19-13-31-14-19)22-10-24-23(27-29(21)22)26-16(2)12-30-3/h4-6,14,16-17,19,21,23,25,36H,7-13,15,18H2,1-3H3;10-15,17-18,32H,2-9H2,1H3;4-11,16,19H,12-14H2,1-3H3,(H,26,27)/t19-,21?,23?,25?;14-,15?,18?;16-/m110/s1. The molecule has 1 saturated heterocycles. The third-order valence-corrected chi connectivity index (χ3v) is 22.1. The Morgan fingerprint density at radius 1 is 0.614 bits per heavy atom. The number of nitrogens with zero attached hydrogens (tertiary/aromatic N) is 14.